The number of aryl methyl sites for hydroxylation is 2. The second-order valence-electron chi connectivity index (χ2n) is 11.7. The van der Waals surface area contributed by atoms with E-state index in [9.17, 15) is 0 Å². The molecule has 0 aromatic heterocycles. The third-order valence-corrected chi connectivity index (χ3v) is 9.21. The average Bonchev–Trinajstić information content (AvgIpc) is 2.89. The molecule has 0 unspecified atom stereocenters. The van der Waals surface area contributed by atoms with Crippen LogP contribution in [0.4, 0.5) is 0 Å². The molecule has 0 spiro atoms. The number of benzene rings is 2. The fraction of sp³-hybridized carbons (Fsp3) is 0.647. The SMILES string of the molecule is CCCCC[C@H]1CC[C@H](c2ccc(CCc3ccc([C@H]4CC[C@H](CCC)CC4)cc3)cc2)CC1. The zero-order valence-electron chi connectivity index (χ0n) is 22.2. The molecular weight excluding hydrogens is 408 g/mol. The summed E-state index contributed by atoms with van der Waals surface area (Å²) in [5.41, 5.74) is 6.17. The Hall–Kier alpha value is -1.56. The van der Waals surface area contributed by atoms with Crippen molar-refractivity contribution in [3.8, 4) is 0 Å². The molecule has 2 aromatic carbocycles. The van der Waals surface area contributed by atoms with Crippen LogP contribution in [0.25, 0.3) is 0 Å². The van der Waals surface area contributed by atoms with E-state index in [0.717, 1.165) is 36.5 Å². The highest BCUT2D eigenvalue weighted by Crippen LogP contribution is 2.39. The zero-order chi connectivity index (χ0) is 23.6. The molecule has 186 valence electrons. The lowest BCUT2D eigenvalue weighted by atomic mass is 9.77. The third-order valence-electron chi connectivity index (χ3n) is 9.21. The Kier molecular flexibility index (Phi) is 10.1. The van der Waals surface area contributed by atoms with Gasteiger partial charge in [0.1, 0.15) is 0 Å². The van der Waals surface area contributed by atoms with Gasteiger partial charge in [-0.1, -0.05) is 101 Å². The Morgan fingerprint density at radius 2 is 0.941 bits per heavy atom. The Bertz CT molecular complexity index is 798. The van der Waals surface area contributed by atoms with E-state index >= 15 is 0 Å². The normalized spacial score (nSPS) is 25.4. The molecule has 0 N–H and O–H groups in total. The fourth-order valence-electron chi connectivity index (χ4n) is 6.86. The Balaban J connectivity index is 1.19. The van der Waals surface area contributed by atoms with Gasteiger partial charge in [0, 0.05) is 0 Å². The first-order valence-corrected chi connectivity index (χ1v) is 14.9. The van der Waals surface area contributed by atoms with E-state index in [4.69, 9.17) is 0 Å². The van der Waals surface area contributed by atoms with Crippen LogP contribution < -0.4 is 0 Å². The van der Waals surface area contributed by atoms with Gasteiger partial charge in [0.05, 0.1) is 0 Å². The Labute approximate surface area is 211 Å². The van der Waals surface area contributed by atoms with Gasteiger partial charge >= 0.3 is 0 Å². The van der Waals surface area contributed by atoms with Crippen LogP contribution in [-0.2, 0) is 12.8 Å². The van der Waals surface area contributed by atoms with Gasteiger partial charge in [0.25, 0.3) is 0 Å². The molecule has 0 atom stereocenters. The smallest absolute Gasteiger partial charge is 0.0162 e. The van der Waals surface area contributed by atoms with E-state index in [1.54, 1.807) is 11.1 Å². The van der Waals surface area contributed by atoms with Crippen molar-refractivity contribution >= 4 is 0 Å². The van der Waals surface area contributed by atoms with Crippen molar-refractivity contribution in [1.82, 2.24) is 0 Å². The summed E-state index contributed by atoms with van der Waals surface area (Å²) in [6.07, 6.45) is 22.2. The Morgan fingerprint density at radius 3 is 1.35 bits per heavy atom. The molecule has 2 aliphatic rings. The monoisotopic (exact) mass is 458 g/mol. The maximum atomic E-state index is 2.44. The molecule has 0 saturated heterocycles. The number of hydrogen-bond acceptors (Lipinski definition) is 0. The van der Waals surface area contributed by atoms with Gasteiger partial charge in [-0.05, 0) is 110 Å². The van der Waals surface area contributed by atoms with Crippen molar-refractivity contribution in [1.29, 1.82) is 0 Å². The lowest BCUT2D eigenvalue weighted by Crippen LogP contribution is -2.13. The molecule has 0 radical (unpaired) electrons. The van der Waals surface area contributed by atoms with Gasteiger partial charge in [-0.15, -0.1) is 0 Å². The second-order valence-corrected chi connectivity index (χ2v) is 11.7. The van der Waals surface area contributed by atoms with Crippen molar-refractivity contribution < 1.29 is 0 Å². The molecule has 2 aliphatic carbocycles. The predicted octanol–water partition coefficient (Wildman–Crippen LogP) is 10.4. The molecule has 4 rings (SSSR count). The van der Waals surface area contributed by atoms with Gasteiger partial charge in [0.2, 0.25) is 0 Å². The van der Waals surface area contributed by atoms with E-state index in [1.165, 1.54) is 101 Å². The van der Waals surface area contributed by atoms with E-state index < -0.39 is 0 Å². The number of rotatable bonds is 11. The molecule has 2 saturated carbocycles. The summed E-state index contributed by atoms with van der Waals surface area (Å²) in [5.74, 6) is 3.62. The lowest BCUT2D eigenvalue weighted by molar-refractivity contribution is 0.303. The van der Waals surface area contributed by atoms with Gasteiger partial charge < -0.3 is 0 Å². The maximum Gasteiger partial charge on any atom is -0.0162 e. The van der Waals surface area contributed by atoms with Crippen LogP contribution >= 0.6 is 0 Å². The van der Waals surface area contributed by atoms with Crippen molar-refractivity contribution in [2.75, 3.05) is 0 Å². The minimum absolute atomic E-state index is 0.807. The molecular formula is C34H50. The van der Waals surface area contributed by atoms with Crippen molar-refractivity contribution in [2.24, 2.45) is 11.8 Å². The first kappa shape index (κ1) is 25.5. The van der Waals surface area contributed by atoms with Crippen molar-refractivity contribution in [3.63, 3.8) is 0 Å². The first-order valence-electron chi connectivity index (χ1n) is 14.9. The molecule has 0 amide bonds. The summed E-state index contributed by atoms with van der Waals surface area (Å²) in [4.78, 5) is 0. The maximum absolute atomic E-state index is 2.44. The van der Waals surface area contributed by atoms with Gasteiger partial charge in [-0.2, -0.15) is 0 Å². The molecule has 0 heteroatoms. The van der Waals surface area contributed by atoms with Gasteiger partial charge in [-0.25, -0.2) is 0 Å². The average molecular weight is 459 g/mol. The molecule has 0 bridgehead atoms. The molecule has 34 heavy (non-hydrogen) atoms. The summed E-state index contributed by atoms with van der Waals surface area (Å²) >= 11 is 0. The summed E-state index contributed by atoms with van der Waals surface area (Å²) in [6.45, 7) is 4.65. The molecule has 2 fully saturated rings. The molecule has 0 heterocycles. The predicted molar refractivity (Wildman–Crippen MR) is 149 cm³/mol. The van der Waals surface area contributed by atoms with Gasteiger partial charge in [0.15, 0.2) is 0 Å². The molecule has 2 aromatic rings. The van der Waals surface area contributed by atoms with Crippen LogP contribution in [0.1, 0.15) is 138 Å². The summed E-state index contributed by atoms with van der Waals surface area (Å²) in [5, 5.41) is 0. The molecule has 0 nitrogen and oxygen atoms in total. The minimum Gasteiger partial charge on any atom is -0.0654 e. The third kappa shape index (κ3) is 7.47. The van der Waals surface area contributed by atoms with Crippen LogP contribution in [0.15, 0.2) is 48.5 Å². The molecule has 0 aliphatic heterocycles. The van der Waals surface area contributed by atoms with E-state index in [1.807, 2.05) is 0 Å². The van der Waals surface area contributed by atoms with Crippen LogP contribution in [0.5, 0.6) is 0 Å². The van der Waals surface area contributed by atoms with Crippen LogP contribution in [0.2, 0.25) is 0 Å². The quantitative estimate of drug-likeness (QED) is 0.294. The van der Waals surface area contributed by atoms with E-state index in [-0.39, 0.29) is 0 Å². The van der Waals surface area contributed by atoms with E-state index in [2.05, 4.69) is 62.4 Å². The van der Waals surface area contributed by atoms with E-state index in [0.29, 0.717) is 0 Å². The number of unbranched alkanes of at least 4 members (excludes halogenated alkanes) is 2. The summed E-state index contributed by atoms with van der Waals surface area (Å²) < 4.78 is 0. The number of hydrogen-bond donors (Lipinski definition) is 0. The topological polar surface area (TPSA) is 0 Å². The lowest BCUT2D eigenvalue weighted by Gasteiger charge is -2.29. The van der Waals surface area contributed by atoms with Crippen molar-refractivity contribution in [2.45, 2.75) is 128 Å². The minimum atomic E-state index is 0.807. The van der Waals surface area contributed by atoms with Gasteiger partial charge in [-0.3, -0.25) is 0 Å². The zero-order valence-corrected chi connectivity index (χ0v) is 22.2. The first-order chi connectivity index (χ1) is 16.7. The van der Waals surface area contributed by atoms with Crippen LogP contribution in [0.3, 0.4) is 0 Å². The van der Waals surface area contributed by atoms with Crippen LogP contribution in [0, 0.1) is 11.8 Å². The van der Waals surface area contributed by atoms with Crippen LogP contribution in [-0.4, -0.2) is 0 Å². The second kappa shape index (κ2) is 13.5. The highest BCUT2D eigenvalue weighted by atomic mass is 14.3. The Morgan fingerprint density at radius 1 is 0.500 bits per heavy atom. The highest BCUT2D eigenvalue weighted by Gasteiger charge is 2.23. The fourth-order valence-corrected chi connectivity index (χ4v) is 6.86. The summed E-state index contributed by atoms with van der Waals surface area (Å²) in [7, 11) is 0. The van der Waals surface area contributed by atoms with Crippen molar-refractivity contribution in [3.05, 3.63) is 70.8 Å². The standard InChI is InChI=1S/C34H50/c1-3-5-6-8-28-13-21-32(22-14-28)34-25-17-30(18-26-34)10-9-29-15-23-33(24-16-29)31-19-11-27(7-4-2)12-20-31/h15-18,23-28,31-32H,3-14,19-22H2,1-2H3/t27-,28-,31-,32-. The summed E-state index contributed by atoms with van der Waals surface area (Å²) in [6, 6.07) is 19.4. The largest absolute Gasteiger partial charge is 0.0654 e. The highest BCUT2D eigenvalue weighted by molar-refractivity contribution is 5.29.